The molecule has 2 heterocycles. The van der Waals surface area contributed by atoms with Crippen molar-refractivity contribution in [3.8, 4) is 0 Å². The van der Waals surface area contributed by atoms with Gasteiger partial charge in [0.05, 0.1) is 5.92 Å². The number of aromatic nitrogens is 1. The Labute approximate surface area is 184 Å². The van der Waals surface area contributed by atoms with E-state index in [1.165, 1.54) is 38.7 Å². The molecule has 0 saturated heterocycles. The van der Waals surface area contributed by atoms with E-state index in [-0.39, 0.29) is 11.8 Å². The number of aryl methyl sites for hydroxylation is 1. The second-order valence-corrected chi connectivity index (χ2v) is 8.92. The van der Waals surface area contributed by atoms with Crippen molar-refractivity contribution in [3.05, 3.63) is 77.0 Å². The summed E-state index contributed by atoms with van der Waals surface area (Å²) in [7, 11) is 0. The van der Waals surface area contributed by atoms with Gasteiger partial charge in [-0.25, -0.2) is 0 Å². The predicted molar refractivity (Wildman–Crippen MR) is 127 cm³/mol. The molecule has 0 spiro atoms. The van der Waals surface area contributed by atoms with Crippen molar-refractivity contribution in [3.63, 3.8) is 0 Å². The Bertz CT molecular complexity index is 1140. The van der Waals surface area contributed by atoms with Crippen LogP contribution in [0.15, 0.2) is 54.7 Å². The minimum atomic E-state index is -0.104. The lowest BCUT2D eigenvalue weighted by Crippen LogP contribution is -2.48. The third-order valence-electron chi connectivity index (χ3n) is 7.02. The molecule has 4 heteroatoms. The van der Waals surface area contributed by atoms with E-state index in [4.69, 9.17) is 0 Å². The van der Waals surface area contributed by atoms with Crippen molar-refractivity contribution in [2.45, 2.75) is 39.8 Å². The van der Waals surface area contributed by atoms with Crippen molar-refractivity contribution in [1.82, 2.24) is 14.8 Å². The number of aromatic amines is 1. The van der Waals surface area contributed by atoms with Crippen LogP contribution >= 0.6 is 0 Å². The fraction of sp³-hybridized carbons (Fsp3) is 0.370. The third kappa shape index (κ3) is 3.49. The van der Waals surface area contributed by atoms with Crippen molar-refractivity contribution in [1.29, 1.82) is 0 Å². The summed E-state index contributed by atoms with van der Waals surface area (Å²) in [4.78, 5) is 21.3. The molecule has 1 N–H and O–H groups in total. The molecular weight excluding hydrogens is 382 g/mol. The number of carbonyl (C=O) groups excluding carboxylic acids is 1. The molecule has 0 bridgehead atoms. The first-order chi connectivity index (χ1) is 15.1. The minimum absolute atomic E-state index is 0.104. The lowest BCUT2D eigenvalue weighted by molar-refractivity contribution is -0.134. The van der Waals surface area contributed by atoms with E-state index in [2.05, 4.69) is 85.4 Å². The maximum Gasteiger partial charge on any atom is 0.230 e. The summed E-state index contributed by atoms with van der Waals surface area (Å²) in [6, 6.07) is 15.6. The van der Waals surface area contributed by atoms with Crippen molar-refractivity contribution in [2.75, 3.05) is 19.6 Å². The molecule has 0 fully saturated rings. The van der Waals surface area contributed by atoms with Crippen LogP contribution in [-0.4, -0.2) is 46.4 Å². The van der Waals surface area contributed by atoms with Crippen LogP contribution in [0.4, 0.5) is 0 Å². The average Bonchev–Trinajstić information content (AvgIpc) is 3.21. The molecule has 160 valence electrons. The van der Waals surface area contributed by atoms with Gasteiger partial charge in [0.1, 0.15) is 0 Å². The average molecular weight is 414 g/mol. The number of carbonyl (C=O) groups is 1. The number of nitrogens with one attached hydrogen (secondary N) is 1. The number of hydrogen-bond donors (Lipinski definition) is 1. The molecule has 2 atom stereocenters. The van der Waals surface area contributed by atoms with Gasteiger partial charge >= 0.3 is 0 Å². The van der Waals surface area contributed by atoms with Gasteiger partial charge in [-0.15, -0.1) is 0 Å². The number of nitrogens with zero attached hydrogens (tertiary/aromatic N) is 2. The van der Waals surface area contributed by atoms with E-state index in [0.717, 1.165) is 32.6 Å². The zero-order valence-electron chi connectivity index (χ0n) is 18.7. The van der Waals surface area contributed by atoms with Crippen molar-refractivity contribution >= 4 is 22.4 Å². The highest BCUT2D eigenvalue weighted by atomic mass is 16.2. The smallest absolute Gasteiger partial charge is 0.230 e. The molecule has 3 aromatic rings. The summed E-state index contributed by atoms with van der Waals surface area (Å²) in [5.41, 5.74) is 7.76. The summed E-state index contributed by atoms with van der Waals surface area (Å²) < 4.78 is 0. The highest BCUT2D eigenvalue weighted by Crippen LogP contribution is 2.42. The van der Waals surface area contributed by atoms with E-state index >= 15 is 0 Å². The predicted octanol–water partition coefficient (Wildman–Crippen LogP) is 4.78. The Balaban J connectivity index is 1.57. The van der Waals surface area contributed by atoms with Crippen LogP contribution < -0.4 is 0 Å². The molecule has 4 nitrogen and oxygen atoms in total. The van der Waals surface area contributed by atoms with E-state index in [1.54, 1.807) is 0 Å². The second-order valence-electron chi connectivity index (χ2n) is 8.92. The zero-order valence-corrected chi connectivity index (χ0v) is 18.7. The number of benzene rings is 2. The topological polar surface area (TPSA) is 39.3 Å². The van der Waals surface area contributed by atoms with Crippen LogP contribution in [-0.2, 0) is 17.8 Å². The quantitative estimate of drug-likeness (QED) is 0.654. The monoisotopic (exact) mass is 413 g/mol. The summed E-state index contributed by atoms with van der Waals surface area (Å²) in [5, 5.41) is 1.33. The number of rotatable bonds is 5. The molecule has 2 aromatic carbocycles. The summed E-state index contributed by atoms with van der Waals surface area (Å²) in [5.74, 6) is 0.143. The molecule has 2 aliphatic rings. The second kappa shape index (κ2) is 8.01. The molecule has 0 unspecified atom stereocenters. The van der Waals surface area contributed by atoms with E-state index in [0.29, 0.717) is 6.04 Å². The maximum atomic E-state index is 13.4. The van der Waals surface area contributed by atoms with Gasteiger partial charge in [0, 0.05) is 49.3 Å². The van der Waals surface area contributed by atoms with E-state index < -0.39 is 0 Å². The van der Waals surface area contributed by atoms with E-state index in [1.807, 2.05) is 4.90 Å². The first-order valence-electron chi connectivity index (χ1n) is 11.5. The molecule has 1 amide bonds. The molecule has 31 heavy (non-hydrogen) atoms. The van der Waals surface area contributed by atoms with Crippen LogP contribution in [0.2, 0.25) is 0 Å². The van der Waals surface area contributed by atoms with Crippen LogP contribution in [0.5, 0.6) is 0 Å². The van der Waals surface area contributed by atoms with Crippen LogP contribution in [0.1, 0.15) is 36.1 Å². The Morgan fingerprint density at radius 1 is 1.13 bits per heavy atom. The molecule has 1 aliphatic carbocycles. The lowest BCUT2D eigenvalue weighted by atomic mass is 9.79. The molecule has 0 saturated carbocycles. The standard InChI is InChI=1S/C27H31N3O/c1-4-29(5-2)27(31)21-13-23-22-7-6-8-24-26(22)20(15-28-24)14-25(23)30(17-21)16-19-11-9-18(3)10-12-19/h6-13,15,21,25,28H,4-5,14,16-17H2,1-3H3/t21-,25+/m0/s1. The normalized spacial score (nSPS) is 20.4. The summed E-state index contributed by atoms with van der Waals surface area (Å²) in [6.45, 7) is 9.41. The Morgan fingerprint density at radius 3 is 2.65 bits per heavy atom. The van der Waals surface area contributed by atoms with Crippen molar-refractivity contribution in [2.24, 2.45) is 5.92 Å². The Hall–Kier alpha value is -2.85. The first-order valence-corrected chi connectivity index (χ1v) is 11.5. The molecular formula is C27H31N3O. The number of fused-ring (bicyclic) bond motifs is 2. The molecule has 0 radical (unpaired) electrons. The van der Waals surface area contributed by atoms with Gasteiger partial charge in [-0.3, -0.25) is 9.69 Å². The zero-order chi connectivity index (χ0) is 21.5. The fourth-order valence-electron chi connectivity index (χ4n) is 5.35. The highest BCUT2D eigenvalue weighted by molar-refractivity contribution is 5.99. The van der Waals surface area contributed by atoms with Crippen LogP contribution in [0.25, 0.3) is 16.5 Å². The SMILES string of the molecule is CCN(CC)C(=O)[C@H]1C=C2c3cccc4[nH]cc(c34)C[C@H]2N(Cc2ccc(C)cc2)C1. The van der Waals surface area contributed by atoms with Gasteiger partial charge in [-0.2, -0.15) is 0 Å². The summed E-state index contributed by atoms with van der Waals surface area (Å²) in [6.07, 6.45) is 5.44. The fourth-order valence-corrected chi connectivity index (χ4v) is 5.35. The minimum Gasteiger partial charge on any atom is -0.361 e. The highest BCUT2D eigenvalue weighted by Gasteiger charge is 2.38. The first kappa shape index (κ1) is 20.1. The van der Waals surface area contributed by atoms with Gasteiger partial charge in [0.25, 0.3) is 0 Å². The molecule has 5 rings (SSSR count). The van der Waals surface area contributed by atoms with Gasteiger partial charge in [-0.05, 0) is 55.5 Å². The number of H-pyrrole nitrogens is 1. The summed E-state index contributed by atoms with van der Waals surface area (Å²) >= 11 is 0. The van der Waals surface area contributed by atoms with E-state index in [9.17, 15) is 4.79 Å². The lowest BCUT2D eigenvalue weighted by Gasteiger charge is -2.42. The van der Waals surface area contributed by atoms with Gasteiger partial charge < -0.3 is 9.88 Å². The number of amides is 1. The molecule has 1 aliphatic heterocycles. The maximum absolute atomic E-state index is 13.4. The Morgan fingerprint density at radius 2 is 1.90 bits per heavy atom. The molecule has 1 aromatic heterocycles. The number of hydrogen-bond acceptors (Lipinski definition) is 2. The van der Waals surface area contributed by atoms with Gasteiger partial charge in [-0.1, -0.05) is 48.0 Å². The van der Waals surface area contributed by atoms with Crippen LogP contribution in [0.3, 0.4) is 0 Å². The van der Waals surface area contributed by atoms with Gasteiger partial charge in [0.2, 0.25) is 5.91 Å². The van der Waals surface area contributed by atoms with Crippen molar-refractivity contribution < 1.29 is 4.79 Å². The Kier molecular flexibility index (Phi) is 5.19. The largest absolute Gasteiger partial charge is 0.361 e. The van der Waals surface area contributed by atoms with Gasteiger partial charge in [0.15, 0.2) is 0 Å². The third-order valence-corrected chi connectivity index (χ3v) is 7.02. The van der Waals surface area contributed by atoms with Crippen LogP contribution in [0, 0.1) is 12.8 Å².